The van der Waals surface area contributed by atoms with Crippen molar-refractivity contribution in [2.24, 2.45) is 0 Å². The van der Waals surface area contributed by atoms with Gasteiger partial charge in [-0.25, -0.2) is 0 Å². The average molecular weight is 207 g/mol. The standard InChI is InChI=1S/C13H21NO/c1-2-9-14-12-8-7-10-5-3-4-6-11(10)13(12)15/h12,14H,2-9H2,1H3. The van der Waals surface area contributed by atoms with Crippen LogP contribution in [-0.2, 0) is 4.79 Å². The van der Waals surface area contributed by atoms with Crippen molar-refractivity contribution in [3.05, 3.63) is 11.1 Å². The van der Waals surface area contributed by atoms with Gasteiger partial charge in [0, 0.05) is 0 Å². The third kappa shape index (κ3) is 2.31. The summed E-state index contributed by atoms with van der Waals surface area (Å²) in [5.74, 6) is 0.407. The highest BCUT2D eigenvalue weighted by Crippen LogP contribution is 2.33. The minimum atomic E-state index is 0.127. The Morgan fingerprint density at radius 3 is 2.87 bits per heavy atom. The monoisotopic (exact) mass is 207 g/mol. The maximum absolute atomic E-state index is 12.1. The van der Waals surface area contributed by atoms with Crippen LogP contribution in [0, 0.1) is 0 Å². The van der Waals surface area contributed by atoms with Crippen molar-refractivity contribution in [1.82, 2.24) is 5.32 Å². The van der Waals surface area contributed by atoms with Gasteiger partial charge in [0.2, 0.25) is 0 Å². The van der Waals surface area contributed by atoms with E-state index in [1.54, 1.807) is 0 Å². The van der Waals surface area contributed by atoms with E-state index in [0.717, 1.165) is 32.2 Å². The Hall–Kier alpha value is -0.630. The van der Waals surface area contributed by atoms with Gasteiger partial charge in [0.1, 0.15) is 0 Å². The summed E-state index contributed by atoms with van der Waals surface area (Å²) in [6.45, 7) is 3.12. The maximum atomic E-state index is 12.1. The summed E-state index contributed by atoms with van der Waals surface area (Å²) in [6.07, 6.45) is 8.01. The van der Waals surface area contributed by atoms with Crippen molar-refractivity contribution >= 4 is 5.78 Å². The van der Waals surface area contributed by atoms with Crippen LogP contribution in [0.3, 0.4) is 0 Å². The number of nitrogens with one attached hydrogen (secondary N) is 1. The smallest absolute Gasteiger partial charge is 0.175 e. The summed E-state index contributed by atoms with van der Waals surface area (Å²) in [4.78, 5) is 12.1. The van der Waals surface area contributed by atoms with Gasteiger partial charge < -0.3 is 5.32 Å². The zero-order chi connectivity index (χ0) is 10.7. The van der Waals surface area contributed by atoms with E-state index < -0.39 is 0 Å². The first-order valence-electron chi connectivity index (χ1n) is 6.31. The minimum absolute atomic E-state index is 0.127. The van der Waals surface area contributed by atoms with Gasteiger partial charge >= 0.3 is 0 Å². The van der Waals surface area contributed by atoms with E-state index in [1.165, 1.54) is 30.4 Å². The molecule has 2 rings (SSSR count). The van der Waals surface area contributed by atoms with Gasteiger partial charge in [-0.15, -0.1) is 0 Å². The lowest BCUT2D eigenvalue weighted by molar-refractivity contribution is -0.118. The molecule has 84 valence electrons. The molecule has 0 heterocycles. The summed E-state index contributed by atoms with van der Waals surface area (Å²) in [7, 11) is 0. The van der Waals surface area contributed by atoms with E-state index in [4.69, 9.17) is 0 Å². The lowest BCUT2D eigenvalue weighted by Crippen LogP contribution is -2.41. The van der Waals surface area contributed by atoms with Crippen LogP contribution in [0.4, 0.5) is 0 Å². The molecule has 0 spiro atoms. The Kier molecular flexibility index (Phi) is 3.57. The number of allylic oxidation sites excluding steroid dienone is 1. The van der Waals surface area contributed by atoms with Gasteiger partial charge in [0.25, 0.3) is 0 Å². The molecular formula is C13H21NO. The molecule has 0 aliphatic heterocycles. The number of hydrogen-bond donors (Lipinski definition) is 1. The number of rotatable bonds is 3. The van der Waals surface area contributed by atoms with Crippen LogP contribution in [0.25, 0.3) is 0 Å². The number of ketones is 1. The molecule has 0 amide bonds. The van der Waals surface area contributed by atoms with E-state index in [-0.39, 0.29) is 6.04 Å². The molecule has 1 N–H and O–H groups in total. The van der Waals surface area contributed by atoms with Gasteiger partial charge in [-0.05, 0) is 57.1 Å². The van der Waals surface area contributed by atoms with Gasteiger partial charge in [0.15, 0.2) is 5.78 Å². The first kappa shape index (κ1) is 10.9. The molecule has 1 unspecified atom stereocenters. The third-order valence-electron chi connectivity index (χ3n) is 3.57. The van der Waals surface area contributed by atoms with Gasteiger partial charge in [-0.3, -0.25) is 4.79 Å². The van der Waals surface area contributed by atoms with Crippen molar-refractivity contribution in [3.8, 4) is 0 Å². The normalized spacial score (nSPS) is 26.7. The first-order valence-corrected chi connectivity index (χ1v) is 6.31. The molecule has 0 aromatic rings. The largest absolute Gasteiger partial charge is 0.307 e. The quantitative estimate of drug-likeness (QED) is 0.770. The second-order valence-corrected chi connectivity index (χ2v) is 4.70. The number of carbonyl (C=O) groups excluding carboxylic acids is 1. The van der Waals surface area contributed by atoms with Crippen LogP contribution in [0.1, 0.15) is 51.9 Å². The number of Topliss-reactive ketones (excluding diaryl/α,β-unsaturated/α-hetero) is 1. The summed E-state index contributed by atoms with van der Waals surface area (Å²) >= 11 is 0. The third-order valence-corrected chi connectivity index (χ3v) is 3.57. The van der Waals surface area contributed by atoms with E-state index in [9.17, 15) is 4.79 Å². The summed E-state index contributed by atoms with van der Waals surface area (Å²) in [5, 5.41) is 3.37. The highest BCUT2D eigenvalue weighted by atomic mass is 16.1. The van der Waals surface area contributed by atoms with Crippen molar-refractivity contribution in [2.75, 3.05) is 6.54 Å². The lowest BCUT2D eigenvalue weighted by atomic mass is 9.79. The molecule has 0 radical (unpaired) electrons. The molecule has 15 heavy (non-hydrogen) atoms. The Labute approximate surface area is 92.1 Å². The van der Waals surface area contributed by atoms with Crippen molar-refractivity contribution in [3.63, 3.8) is 0 Å². The molecule has 0 aromatic heterocycles. The van der Waals surface area contributed by atoms with Crippen LogP contribution in [0.5, 0.6) is 0 Å². The Balaban J connectivity index is 2.04. The molecule has 0 fully saturated rings. The first-order chi connectivity index (χ1) is 7.33. The zero-order valence-electron chi connectivity index (χ0n) is 9.64. The van der Waals surface area contributed by atoms with Crippen molar-refractivity contribution in [1.29, 1.82) is 0 Å². The van der Waals surface area contributed by atoms with E-state index >= 15 is 0 Å². The molecular weight excluding hydrogens is 186 g/mol. The van der Waals surface area contributed by atoms with Gasteiger partial charge in [-0.1, -0.05) is 12.5 Å². The summed E-state index contributed by atoms with van der Waals surface area (Å²) in [6, 6.07) is 0.127. The van der Waals surface area contributed by atoms with Crippen LogP contribution in [0.15, 0.2) is 11.1 Å². The Morgan fingerprint density at radius 2 is 2.07 bits per heavy atom. The molecule has 0 saturated carbocycles. The predicted molar refractivity (Wildman–Crippen MR) is 61.8 cm³/mol. The molecule has 0 aromatic carbocycles. The maximum Gasteiger partial charge on any atom is 0.175 e. The predicted octanol–water partition coefficient (Wildman–Crippen LogP) is 2.59. The van der Waals surface area contributed by atoms with Crippen LogP contribution >= 0.6 is 0 Å². The highest BCUT2D eigenvalue weighted by Gasteiger charge is 2.29. The molecule has 2 aliphatic carbocycles. The lowest BCUT2D eigenvalue weighted by Gasteiger charge is -2.29. The summed E-state index contributed by atoms with van der Waals surface area (Å²) in [5.41, 5.74) is 2.65. The Bertz CT molecular complexity index is 280. The molecule has 2 nitrogen and oxygen atoms in total. The van der Waals surface area contributed by atoms with Crippen molar-refractivity contribution in [2.45, 2.75) is 57.9 Å². The van der Waals surface area contributed by atoms with Crippen LogP contribution < -0.4 is 5.32 Å². The van der Waals surface area contributed by atoms with Crippen molar-refractivity contribution < 1.29 is 4.79 Å². The fourth-order valence-corrected chi connectivity index (χ4v) is 2.71. The van der Waals surface area contributed by atoms with E-state index in [1.807, 2.05) is 0 Å². The molecule has 0 saturated heterocycles. The SMILES string of the molecule is CCCNC1CCC2=C(CCCC2)C1=O. The van der Waals surface area contributed by atoms with Gasteiger partial charge in [-0.2, -0.15) is 0 Å². The average Bonchev–Trinajstić information content (AvgIpc) is 2.29. The highest BCUT2D eigenvalue weighted by molar-refractivity contribution is 6.01. The minimum Gasteiger partial charge on any atom is -0.307 e. The van der Waals surface area contributed by atoms with Gasteiger partial charge in [0.05, 0.1) is 6.04 Å². The number of hydrogen-bond acceptors (Lipinski definition) is 2. The van der Waals surface area contributed by atoms with E-state index in [0.29, 0.717) is 5.78 Å². The zero-order valence-corrected chi connectivity index (χ0v) is 9.64. The summed E-state index contributed by atoms with van der Waals surface area (Å²) < 4.78 is 0. The second-order valence-electron chi connectivity index (χ2n) is 4.70. The molecule has 2 heteroatoms. The number of carbonyl (C=O) groups is 1. The fourth-order valence-electron chi connectivity index (χ4n) is 2.71. The Morgan fingerprint density at radius 1 is 1.27 bits per heavy atom. The fraction of sp³-hybridized carbons (Fsp3) is 0.769. The second kappa shape index (κ2) is 4.93. The molecule has 1 atom stereocenters. The van der Waals surface area contributed by atoms with Crippen LogP contribution in [0.2, 0.25) is 0 Å². The van der Waals surface area contributed by atoms with E-state index in [2.05, 4.69) is 12.2 Å². The molecule has 0 bridgehead atoms. The van der Waals surface area contributed by atoms with Crippen LogP contribution in [-0.4, -0.2) is 18.4 Å². The molecule has 2 aliphatic rings. The topological polar surface area (TPSA) is 29.1 Å².